The molecule has 7 aromatic rings. The Bertz CT molecular complexity index is 2010. The van der Waals surface area contributed by atoms with E-state index in [-0.39, 0.29) is 5.41 Å². The first-order valence-corrected chi connectivity index (χ1v) is 12.7. The average molecular weight is 460 g/mol. The lowest BCUT2D eigenvalue weighted by Crippen LogP contribution is -2.14. The molecule has 1 heterocycles. The van der Waals surface area contributed by atoms with Gasteiger partial charge in [-0.15, -0.1) is 0 Å². The van der Waals surface area contributed by atoms with E-state index >= 15 is 0 Å². The molecule has 1 nitrogen and oxygen atoms in total. The van der Waals surface area contributed by atoms with Gasteiger partial charge in [-0.2, -0.15) is 0 Å². The normalized spacial score (nSPS) is 14.1. The van der Waals surface area contributed by atoms with Gasteiger partial charge in [-0.05, 0) is 68.7 Å². The Morgan fingerprint density at radius 2 is 1.25 bits per heavy atom. The van der Waals surface area contributed by atoms with Crippen molar-refractivity contribution in [3.63, 3.8) is 0 Å². The van der Waals surface area contributed by atoms with Crippen molar-refractivity contribution >= 4 is 43.4 Å². The Hall–Kier alpha value is -4.36. The minimum absolute atomic E-state index is 0.0176. The van der Waals surface area contributed by atoms with Crippen LogP contribution >= 0.6 is 0 Å². The minimum atomic E-state index is -0.0176. The maximum absolute atomic E-state index is 2.48. The topological polar surface area (TPSA) is 4.93 Å². The molecule has 1 aliphatic carbocycles. The summed E-state index contributed by atoms with van der Waals surface area (Å²) in [7, 11) is 0. The fourth-order valence-corrected chi connectivity index (χ4v) is 6.65. The van der Waals surface area contributed by atoms with E-state index in [9.17, 15) is 0 Å². The van der Waals surface area contributed by atoms with Crippen molar-refractivity contribution < 1.29 is 0 Å². The summed E-state index contributed by atoms with van der Waals surface area (Å²) in [5, 5.41) is 7.81. The third-order valence-electron chi connectivity index (χ3n) is 8.36. The van der Waals surface area contributed by atoms with E-state index in [1.54, 1.807) is 0 Å². The molecule has 0 fully saturated rings. The molecule has 0 aliphatic heterocycles. The molecule has 0 bridgehead atoms. The van der Waals surface area contributed by atoms with Gasteiger partial charge in [-0.1, -0.05) is 98.8 Å². The molecular formula is C35H25N. The largest absolute Gasteiger partial charge is 0.309 e. The van der Waals surface area contributed by atoms with Crippen LogP contribution in [0.4, 0.5) is 0 Å². The number of hydrogen-bond donors (Lipinski definition) is 0. The molecule has 0 atom stereocenters. The zero-order valence-electron chi connectivity index (χ0n) is 20.4. The van der Waals surface area contributed by atoms with Crippen molar-refractivity contribution in [3.8, 4) is 16.8 Å². The van der Waals surface area contributed by atoms with Gasteiger partial charge in [0.25, 0.3) is 0 Å². The number of hydrogen-bond acceptors (Lipinski definition) is 0. The van der Waals surface area contributed by atoms with Crippen LogP contribution in [0, 0.1) is 0 Å². The van der Waals surface area contributed by atoms with Crippen LogP contribution in [0.3, 0.4) is 0 Å². The third-order valence-corrected chi connectivity index (χ3v) is 8.36. The zero-order valence-corrected chi connectivity index (χ0v) is 20.4. The Morgan fingerprint density at radius 3 is 2.17 bits per heavy atom. The molecule has 0 spiro atoms. The molecule has 1 aromatic heterocycles. The van der Waals surface area contributed by atoms with Crippen molar-refractivity contribution in [2.24, 2.45) is 0 Å². The zero-order chi connectivity index (χ0) is 24.0. The van der Waals surface area contributed by atoms with Gasteiger partial charge >= 0.3 is 0 Å². The predicted octanol–water partition coefficient (Wildman–Crippen LogP) is 9.40. The highest BCUT2D eigenvalue weighted by atomic mass is 15.0. The molecule has 8 rings (SSSR count). The highest BCUT2D eigenvalue weighted by Gasteiger charge is 2.35. The molecule has 0 N–H and O–H groups in total. The van der Waals surface area contributed by atoms with Crippen LogP contribution in [0.5, 0.6) is 0 Å². The van der Waals surface area contributed by atoms with E-state index in [1.807, 2.05) is 0 Å². The maximum Gasteiger partial charge on any atom is 0.0547 e. The number of rotatable bonds is 1. The number of para-hydroxylation sites is 1. The van der Waals surface area contributed by atoms with Gasteiger partial charge in [0.15, 0.2) is 0 Å². The van der Waals surface area contributed by atoms with Crippen LogP contribution < -0.4 is 0 Å². The van der Waals surface area contributed by atoms with Gasteiger partial charge < -0.3 is 4.57 Å². The molecule has 0 saturated heterocycles. The number of benzene rings is 6. The lowest BCUT2D eigenvalue weighted by molar-refractivity contribution is 0.661. The monoisotopic (exact) mass is 459 g/mol. The van der Waals surface area contributed by atoms with Crippen LogP contribution in [0.25, 0.3) is 60.2 Å². The number of fused-ring (bicyclic) bond motifs is 9. The second-order valence-electron chi connectivity index (χ2n) is 10.6. The Labute approximate surface area is 210 Å². The Balaban J connectivity index is 1.53. The van der Waals surface area contributed by atoms with E-state index in [2.05, 4.69) is 134 Å². The molecule has 36 heavy (non-hydrogen) atoms. The first-order chi connectivity index (χ1) is 17.6. The van der Waals surface area contributed by atoms with Crippen LogP contribution in [0.2, 0.25) is 0 Å². The lowest BCUT2D eigenvalue weighted by Gasteiger charge is -2.21. The molecule has 0 amide bonds. The third kappa shape index (κ3) is 2.45. The number of nitrogens with zero attached hydrogens (tertiary/aromatic N) is 1. The van der Waals surface area contributed by atoms with Crippen molar-refractivity contribution in [2.75, 3.05) is 0 Å². The smallest absolute Gasteiger partial charge is 0.0547 e. The molecule has 0 saturated carbocycles. The van der Waals surface area contributed by atoms with E-state index in [4.69, 9.17) is 0 Å². The van der Waals surface area contributed by atoms with Crippen LogP contribution in [-0.2, 0) is 5.41 Å². The van der Waals surface area contributed by atoms with E-state index < -0.39 is 0 Å². The fraction of sp³-hybridized carbons (Fsp3) is 0.0857. The first kappa shape index (κ1) is 19.9. The van der Waals surface area contributed by atoms with Gasteiger partial charge in [0.1, 0.15) is 0 Å². The Kier molecular flexibility index (Phi) is 3.79. The van der Waals surface area contributed by atoms with E-state index in [0.29, 0.717) is 0 Å². The van der Waals surface area contributed by atoms with E-state index in [0.717, 1.165) is 0 Å². The standard InChI is InChI=1S/C35H25N/c1-35(2)29-15-7-5-13-25(29)28-20-23-18-19-33-34(27(23)21-30(28)35)26-14-6-8-16-32(26)36(33)31-17-9-11-22-10-3-4-12-24(22)31/h3-21H,1-2H3. The van der Waals surface area contributed by atoms with Crippen molar-refractivity contribution in [3.05, 3.63) is 126 Å². The average Bonchev–Trinajstić information content (AvgIpc) is 3.37. The predicted molar refractivity (Wildman–Crippen MR) is 153 cm³/mol. The van der Waals surface area contributed by atoms with Crippen LogP contribution in [0.15, 0.2) is 115 Å². The van der Waals surface area contributed by atoms with Crippen molar-refractivity contribution in [1.82, 2.24) is 4.57 Å². The summed E-state index contributed by atoms with van der Waals surface area (Å²) in [6.45, 7) is 4.73. The summed E-state index contributed by atoms with van der Waals surface area (Å²) < 4.78 is 2.46. The van der Waals surface area contributed by atoms with Gasteiger partial charge in [0, 0.05) is 21.6 Å². The summed E-state index contributed by atoms with van der Waals surface area (Å²) in [6, 6.07) is 42.6. The van der Waals surface area contributed by atoms with Crippen LogP contribution in [0.1, 0.15) is 25.0 Å². The number of aromatic nitrogens is 1. The fourth-order valence-electron chi connectivity index (χ4n) is 6.65. The molecular weight excluding hydrogens is 434 g/mol. The highest BCUT2D eigenvalue weighted by Crippen LogP contribution is 2.51. The minimum Gasteiger partial charge on any atom is -0.309 e. The second-order valence-corrected chi connectivity index (χ2v) is 10.6. The Morgan fingerprint density at radius 1 is 0.500 bits per heavy atom. The molecule has 1 aliphatic rings. The molecule has 0 unspecified atom stereocenters. The SMILES string of the molecule is CC1(C)c2ccccc2-c2cc3ccc4c(c3cc21)c1ccccc1n4-c1cccc2ccccc12. The quantitative estimate of drug-likeness (QED) is 0.230. The maximum atomic E-state index is 2.48. The molecule has 1 heteroatoms. The summed E-state index contributed by atoms with van der Waals surface area (Å²) in [5.41, 5.74) is 9.31. The van der Waals surface area contributed by atoms with Gasteiger partial charge in [0.2, 0.25) is 0 Å². The second kappa shape index (κ2) is 6.86. The summed E-state index contributed by atoms with van der Waals surface area (Å²) in [5.74, 6) is 0. The van der Waals surface area contributed by atoms with E-state index in [1.165, 1.54) is 71.3 Å². The molecule has 0 radical (unpaired) electrons. The van der Waals surface area contributed by atoms with Crippen LogP contribution in [-0.4, -0.2) is 4.57 Å². The van der Waals surface area contributed by atoms with Gasteiger partial charge in [0.05, 0.1) is 16.7 Å². The van der Waals surface area contributed by atoms with Crippen molar-refractivity contribution in [1.29, 1.82) is 0 Å². The highest BCUT2D eigenvalue weighted by molar-refractivity contribution is 6.22. The summed E-state index contributed by atoms with van der Waals surface area (Å²) in [6.07, 6.45) is 0. The molecule has 170 valence electrons. The molecule has 6 aromatic carbocycles. The van der Waals surface area contributed by atoms with Gasteiger partial charge in [-0.25, -0.2) is 0 Å². The lowest BCUT2D eigenvalue weighted by atomic mass is 9.81. The summed E-state index contributed by atoms with van der Waals surface area (Å²) >= 11 is 0. The first-order valence-electron chi connectivity index (χ1n) is 12.7. The summed E-state index contributed by atoms with van der Waals surface area (Å²) in [4.78, 5) is 0. The van der Waals surface area contributed by atoms with Gasteiger partial charge in [-0.3, -0.25) is 0 Å². The van der Waals surface area contributed by atoms with Crippen molar-refractivity contribution in [2.45, 2.75) is 19.3 Å².